The summed E-state index contributed by atoms with van der Waals surface area (Å²) in [7, 11) is 0. The third-order valence-electron chi connectivity index (χ3n) is 5.84. The van der Waals surface area contributed by atoms with Crippen LogP contribution in [0.1, 0.15) is 46.5 Å². The topological polar surface area (TPSA) is 68.0 Å². The summed E-state index contributed by atoms with van der Waals surface area (Å²) in [6, 6.07) is 18.4. The van der Waals surface area contributed by atoms with Crippen LogP contribution in [0.4, 0.5) is 5.69 Å². The van der Waals surface area contributed by atoms with E-state index in [0.717, 1.165) is 34.6 Å². The van der Waals surface area contributed by atoms with Crippen LogP contribution in [0.25, 0.3) is 0 Å². The van der Waals surface area contributed by atoms with Crippen LogP contribution in [0, 0.1) is 24.0 Å². The van der Waals surface area contributed by atoms with E-state index in [1.54, 1.807) is 12.1 Å². The summed E-state index contributed by atoms with van der Waals surface area (Å²) in [6.45, 7) is 4.16. The normalized spacial score (nSPS) is 19.3. The molecule has 3 aromatic carbocycles. The van der Waals surface area contributed by atoms with Crippen molar-refractivity contribution in [1.29, 1.82) is 0 Å². The molecule has 0 amide bonds. The first-order valence-corrected chi connectivity index (χ1v) is 10.4. The molecule has 2 heterocycles. The maximum Gasteiger partial charge on any atom is 0.269 e. The van der Waals surface area contributed by atoms with Crippen molar-refractivity contribution in [3.05, 3.63) is 104 Å². The van der Waals surface area contributed by atoms with Gasteiger partial charge in [-0.1, -0.05) is 29.3 Å². The Bertz CT molecular complexity index is 1220. The van der Waals surface area contributed by atoms with Crippen molar-refractivity contribution in [2.45, 2.75) is 32.5 Å². The van der Waals surface area contributed by atoms with Gasteiger partial charge in [0, 0.05) is 40.3 Å². The minimum absolute atomic E-state index is 0.0300. The summed E-state index contributed by atoms with van der Waals surface area (Å²) < 4.78 is 6.32. The highest BCUT2D eigenvalue weighted by atomic mass is 35.5. The number of rotatable bonds is 3. The lowest BCUT2D eigenvalue weighted by Gasteiger charge is -2.38. The molecule has 3 aromatic rings. The molecule has 0 unspecified atom stereocenters. The van der Waals surface area contributed by atoms with Gasteiger partial charge in [0.15, 0.2) is 0 Å². The molecule has 0 saturated carbocycles. The highest BCUT2D eigenvalue weighted by Gasteiger charge is 2.41. The summed E-state index contributed by atoms with van der Waals surface area (Å²) in [6.07, 6.45) is 0.242. The number of nitrogens with zero attached hydrogens (tertiary/aromatic N) is 3. The Kier molecular flexibility index (Phi) is 4.67. The highest BCUT2D eigenvalue weighted by Crippen LogP contribution is 2.48. The monoisotopic (exact) mass is 433 g/mol. The lowest BCUT2D eigenvalue weighted by molar-refractivity contribution is -0.384. The minimum Gasteiger partial charge on any atom is -0.464 e. The average molecular weight is 434 g/mol. The number of hydrazone groups is 1. The standard InChI is InChI=1S/C24H20ClN3O3/c1-14-3-4-15(2)19(11-14)21-13-22-20-12-17(25)7-10-23(20)31-24(27(22)26-21)16-5-8-18(9-6-16)28(29)30/h3-12,22,24H,13H2,1-2H3/t22-,24-/m0/s1. The van der Waals surface area contributed by atoms with E-state index in [1.165, 1.54) is 23.3 Å². The largest absolute Gasteiger partial charge is 0.464 e. The van der Waals surface area contributed by atoms with Crippen LogP contribution >= 0.6 is 11.6 Å². The van der Waals surface area contributed by atoms with Crippen molar-refractivity contribution in [3.8, 4) is 5.75 Å². The Morgan fingerprint density at radius 2 is 1.87 bits per heavy atom. The van der Waals surface area contributed by atoms with Gasteiger partial charge in [-0.2, -0.15) is 5.10 Å². The van der Waals surface area contributed by atoms with E-state index >= 15 is 0 Å². The van der Waals surface area contributed by atoms with Gasteiger partial charge in [0.2, 0.25) is 6.23 Å². The summed E-state index contributed by atoms with van der Waals surface area (Å²) in [4.78, 5) is 10.7. The Morgan fingerprint density at radius 1 is 1.10 bits per heavy atom. The number of benzene rings is 3. The molecule has 0 N–H and O–H groups in total. The van der Waals surface area contributed by atoms with E-state index in [2.05, 4.69) is 32.0 Å². The van der Waals surface area contributed by atoms with Gasteiger partial charge in [-0.25, -0.2) is 5.01 Å². The summed E-state index contributed by atoms with van der Waals surface area (Å²) >= 11 is 6.29. The first-order chi connectivity index (χ1) is 14.9. The Labute approximate surface area is 184 Å². The Hall–Kier alpha value is -3.38. The fourth-order valence-corrected chi connectivity index (χ4v) is 4.43. The summed E-state index contributed by atoms with van der Waals surface area (Å²) in [5.41, 5.74) is 6.32. The molecule has 31 heavy (non-hydrogen) atoms. The van der Waals surface area contributed by atoms with E-state index in [0.29, 0.717) is 5.02 Å². The molecule has 0 aliphatic carbocycles. The van der Waals surface area contributed by atoms with Crippen LogP contribution in [0.2, 0.25) is 5.02 Å². The van der Waals surface area contributed by atoms with Crippen molar-refractivity contribution < 1.29 is 9.66 Å². The van der Waals surface area contributed by atoms with E-state index in [1.807, 2.05) is 23.2 Å². The van der Waals surface area contributed by atoms with E-state index in [9.17, 15) is 10.1 Å². The second kappa shape index (κ2) is 7.39. The molecule has 2 aliphatic rings. The maximum absolute atomic E-state index is 11.1. The first-order valence-electron chi connectivity index (χ1n) is 10.0. The predicted octanol–water partition coefficient (Wildman–Crippen LogP) is 6.11. The zero-order valence-electron chi connectivity index (χ0n) is 17.1. The zero-order chi connectivity index (χ0) is 21.7. The Morgan fingerprint density at radius 3 is 2.61 bits per heavy atom. The molecule has 5 rings (SSSR count). The minimum atomic E-state index is -0.484. The van der Waals surface area contributed by atoms with Gasteiger partial charge in [-0.3, -0.25) is 10.1 Å². The fraction of sp³-hybridized carbons (Fsp3) is 0.208. The number of fused-ring (bicyclic) bond motifs is 3. The third-order valence-corrected chi connectivity index (χ3v) is 6.08. The predicted molar refractivity (Wildman–Crippen MR) is 120 cm³/mol. The van der Waals surface area contributed by atoms with Crippen LogP contribution in [0.3, 0.4) is 0 Å². The van der Waals surface area contributed by atoms with Crippen LogP contribution in [-0.2, 0) is 0 Å². The molecule has 6 nitrogen and oxygen atoms in total. The van der Waals surface area contributed by atoms with Crippen LogP contribution in [0.15, 0.2) is 65.8 Å². The second-order valence-electron chi connectivity index (χ2n) is 7.97. The molecule has 2 aliphatic heterocycles. The van der Waals surface area contributed by atoms with Gasteiger partial charge in [0.1, 0.15) is 5.75 Å². The number of nitro benzene ring substituents is 1. The van der Waals surface area contributed by atoms with E-state index in [-0.39, 0.29) is 11.7 Å². The SMILES string of the molecule is Cc1ccc(C)c(C2=NN3[C@@H](C2)c2cc(Cl)ccc2O[C@H]3c2ccc([N+](=O)[O-])cc2)c1. The molecule has 2 atom stereocenters. The van der Waals surface area contributed by atoms with Crippen molar-refractivity contribution in [3.63, 3.8) is 0 Å². The molecule has 0 saturated heterocycles. The van der Waals surface area contributed by atoms with Gasteiger partial charge in [-0.05, 0) is 55.8 Å². The molecule has 0 aromatic heterocycles. The van der Waals surface area contributed by atoms with Gasteiger partial charge in [-0.15, -0.1) is 0 Å². The molecule has 156 valence electrons. The second-order valence-corrected chi connectivity index (χ2v) is 8.40. The number of nitro groups is 1. The summed E-state index contributed by atoms with van der Waals surface area (Å²) in [5, 5.41) is 18.6. The molecule has 7 heteroatoms. The lowest BCUT2D eigenvalue weighted by Crippen LogP contribution is -2.33. The molecular formula is C24H20ClN3O3. The molecule has 0 fully saturated rings. The summed E-state index contributed by atoms with van der Waals surface area (Å²) in [5.74, 6) is 0.756. The van der Waals surface area contributed by atoms with Crippen LogP contribution < -0.4 is 4.74 Å². The zero-order valence-corrected chi connectivity index (χ0v) is 17.8. The van der Waals surface area contributed by atoms with Gasteiger partial charge in [0.25, 0.3) is 5.69 Å². The number of non-ortho nitro benzene ring substituents is 1. The third kappa shape index (κ3) is 3.43. The fourth-order valence-electron chi connectivity index (χ4n) is 4.25. The number of hydrogen-bond acceptors (Lipinski definition) is 5. The van der Waals surface area contributed by atoms with Gasteiger partial charge in [0.05, 0.1) is 16.7 Å². The van der Waals surface area contributed by atoms with Crippen molar-refractivity contribution in [2.24, 2.45) is 5.10 Å². The molecule has 0 spiro atoms. The smallest absolute Gasteiger partial charge is 0.269 e. The molecule has 0 radical (unpaired) electrons. The first kappa shape index (κ1) is 19.6. The van der Waals surface area contributed by atoms with E-state index in [4.69, 9.17) is 21.4 Å². The van der Waals surface area contributed by atoms with Gasteiger partial charge < -0.3 is 4.74 Å². The van der Waals surface area contributed by atoms with Gasteiger partial charge >= 0.3 is 0 Å². The quantitative estimate of drug-likeness (QED) is 0.369. The number of hydrogen-bond donors (Lipinski definition) is 0. The maximum atomic E-state index is 11.1. The number of aryl methyl sites for hydroxylation is 2. The van der Waals surface area contributed by atoms with Crippen molar-refractivity contribution in [1.82, 2.24) is 5.01 Å². The number of halogens is 1. The Balaban J connectivity index is 1.60. The average Bonchev–Trinajstić information content (AvgIpc) is 3.20. The van der Waals surface area contributed by atoms with E-state index < -0.39 is 11.2 Å². The highest BCUT2D eigenvalue weighted by molar-refractivity contribution is 6.30. The van der Waals surface area contributed by atoms with Crippen LogP contribution in [0.5, 0.6) is 5.75 Å². The van der Waals surface area contributed by atoms with Crippen molar-refractivity contribution >= 4 is 23.0 Å². The number of ether oxygens (including phenoxy) is 1. The molecular weight excluding hydrogens is 414 g/mol. The lowest BCUT2D eigenvalue weighted by atomic mass is 9.93. The van der Waals surface area contributed by atoms with Crippen LogP contribution in [-0.4, -0.2) is 15.6 Å². The van der Waals surface area contributed by atoms with Crippen molar-refractivity contribution in [2.75, 3.05) is 0 Å². The molecule has 0 bridgehead atoms.